The van der Waals surface area contributed by atoms with Crippen LogP contribution in [0.1, 0.15) is 33.1 Å². The highest BCUT2D eigenvalue weighted by Gasteiger charge is 2.11. The van der Waals surface area contributed by atoms with Crippen molar-refractivity contribution < 1.29 is 23.9 Å². The van der Waals surface area contributed by atoms with Crippen LogP contribution in [0.3, 0.4) is 0 Å². The number of hydrogen-bond acceptors (Lipinski definition) is 7. The number of ketones is 1. The zero-order valence-electron chi connectivity index (χ0n) is 14.2. The number of hydrogen-bond donors (Lipinski definition) is 1. The first-order valence-corrected chi connectivity index (χ1v) is 10.4. The third-order valence-corrected chi connectivity index (χ3v) is 5.30. The van der Waals surface area contributed by atoms with Gasteiger partial charge in [-0.3, -0.25) is 4.79 Å². The Morgan fingerprint density at radius 2 is 1.92 bits per heavy atom. The predicted octanol–water partition coefficient (Wildman–Crippen LogP) is 1.90. The van der Waals surface area contributed by atoms with Crippen molar-refractivity contribution in [2.45, 2.75) is 33.1 Å². The minimum atomic E-state index is -0.535. The molecule has 0 fully saturated rings. The Hall–Kier alpha value is -1.22. The zero-order valence-corrected chi connectivity index (χ0v) is 15.9. The van der Waals surface area contributed by atoms with Gasteiger partial charge < -0.3 is 24.5 Å². The summed E-state index contributed by atoms with van der Waals surface area (Å²) in [7, 11) is 3.25. The topological polar surface area (TPSA) is 92.8 Å². The number of Topliss-reactive ketones (excluding diaryl/α,β-unsaturated/α-hetero) is 1. The number of carbonyl (C=O) groups is 4. The lowest BCUT2D eigenvalue weighted by Gasteiger charge is -2.19. The van der Waals surface area contributed by atoms with Crippen LogP contribution in [0, 0.1) is 0 Å². The highest BCUT2D eigenvalue weighted by molar-refractivity contribution is 8.76. The van der Waals surface area contributed by atoms with E-state index >= 15 is 0 Å². The molecule has 0 aromatic rings. The van der Waals surface area contributed by atoms with Crippen molar-refractivity contribution in [3.8, 4) is 0 Å². The van der Waals surface area contributed by atoms with Crippen LogP contribution in [-0.4, -0.2) is 66.7 Å². The summed E-state index contributed by atoms with van der Waals surface area (Å²) in [6.45, 7) is 4.15. The average Bonchev–Trinajstić information content (AvgIpc) is 2.55. The van der Waals surface area contributed by atoms with E-state index < -0.39 is 6.09 Å². The molecule has 0 aliphatic carbocycles. The molecule has 0 aliphatic heterocycles. The maximum atomic E-state index is 11.5. The first-order chi connectivity index (χ1) is 11.5. The van der Waals surface area contributed by atoms with Gasteiger partial charge in [-0.2, -0.15) is 0 Å². The van der Waals surface area contributed by atoms with Gasteiger partial charge in [-0.25, -0.2) is 4.79 Å². The third-order valence-electron chi connectivity index (χ3n) is 2.84. The molecule has 0 saturated carbocycles. The van der Waals surface area contributed by atoms with Crippen molar-refractivity contribution in [2.24, 2.45) is 0 Å². The standard InChI is InChI=1S/C15H26N2O5S2/c1-3-14(20)17(8-9-18)7-6-16-15(21)22-10-12-24-23-11-4-5-13(2)19/h9H,3-8,10-12H2,1-2H3,(H,16,21). The molecule has 0 spiro atoms. The van der Waals surface area contributed by atoms with E-state index in [1.165, 1.54) is 4.90 Å². The summed E-state index contributed by atoms with van der Waals surface area (Å²) in [5.74, 6) is 1.64. The molecular weight excluding hydrogens is 352 g/mol. The largest absolute Gasteiger partial charge is 0.449 e. The molecule has 2 amide bonds. The van der Waals surface area contributed by atoms with E-state index in [2.05, 4.69) is 5.32 Å². The van der Waals surface area contributed by atoms with Crippen LogP contribution in [0.4, 0.5) is 4.79 Å². The van der Waals surface area contributed by atoms with E-state index in [0.717, 1.165) is 12.2 Å². The Balaban J connectivity index is 3.60. The normalized spacial score (nSPS) is 10.1. The molecule has 0 rings (SSSR count). The first-order valence-electron chi connectivity index (χ1n) is 7.87. The van der Waals surface area contributed by atoms with Crippen molar-refractivity contribution >= 4 is 45.7 Å². The van der Waals surface area contributed by atoms with Gasteiger partial charge in [0.15, 0.2) is 0 Å². The minimum Gasteiger partial charge on any atom is -0.449 e. The van der Waals surface area contributed by atoms with Crippen molar-refractivity contribution in [2.75, 3.05) is 37.7 Å². The maximum Gasteiger partial charge on any atom is 0.407 e. The summed E-state index contributed by atoms with van der Waals surface area (Å²) >= 11 is 0. The lowest BCUT2D eigenvalue weighted by molar-refractivity contribution is -0.132. The second kappa shape index (κ2) is 15.3. The van der Waals surface area contributed by atoms with Gasteiger partial charge in [0, 0.05) is 37.4 Å². The van der Waals surface area contributed by atoms with Gasteiger partial charge in [0.25, 0.3) is 0 Å². The van der Waals surface area contributed by atoms with Crippen molar-refractivity contribution in [1.29, 1.82) is 0 Å². The van der Waals surface area contributed by atoms with Crippen LogP contribution in [-0.2, 0) is 19.1 Å². The number of ether oxygens (including phenoxy) is 1. The van der Waals surface area contributed by atoms with E-state index in [4.69, 9.17) is 4.74 Å². The second-order valence-corrected chi connectivity index (χ2v) is 7.57. The molecule has 24 heavy (non-hydrogen) atoms. The Labute approximate surface area is 151 Å². The summed E-state index contributed by atoms with van der Waals surface area (Å²) in [5.41, 5.74) is 0. The molecule has 0 radical (unpaired) electrons. The van der Waals surface area contributed by atoms with Crippen LogP contribution in [0.15, 0.2) is 0 Å². The molecule has 0 heterocycles. The third kappa shape index (κ3) is 13.2. The van der Waals surface area contributed by atoms with Crippen molar-refractivity contribution in [3.05, 3.63) is 0 Å². The van der Waals surface area contributed by atoms with Crippen LogP contribution in [0.5, 0.6) is 0 Å². The summed E-state index contributed by atoms with van der Waals surface area (Å²) in [6.07, 6.45) is 1.92. The zero-order chi connectivity index (χ0) is 18.2. The number of nitrogens with zero attached hydrogens (tertiary/aromatic N) is 1. The predicted molar refractivity (Wildman–Crippen MR) is 97.1 cm³/mol. The Kier molecular flexibility index (Phi) is 14.5. The fraction of sp³-hybridized carbons (Fsp3) is 0.733. The molecule has 0 aliphatic rings. The van der Waals surface area contributed by atoms with Gasteiger partial charge in [-0.1, -0.05) is 28.5 Å². The van der Waals surface area contributed by atoms with Gasteiger partial charge >= 0.3 is 6.09 Å². The van der Waals surface area contributed by atoms with E-state index in [1.807, 2.05) is 0 Å². The number of alkyl carbamates (subject to hydrolysis) is 1. The van der Waals surface area contributed by atoms with E-state index in [1.54, 1.807) is 35.4 Å². The van der Waals surface area contributed by atoms with Crippen molar-refractivity contribution in [3.63, 3.8) is 0 Å². The van der Waals surface area contributed by atoms with Gasteiger partial charge in [0.1, 0.15) is 18.7 Å². The number of carbonyl (C=O) groups excluding carboxylic acids is 4. The summed E-state index contributed by atoms with van der Waals surface area (Å²) in [6, 6.07) is 0. The molecule has 0 atom stereocenters. The Morgan fingerprint density at radius 3 is 2.54 bits per heavy atom. The van der Waals surface area contributed by atoms with Crippen LogP contribution >= 0.6 is 21.6 Å². The monoisotopic (exact) mass is 378 g/mol. The summed E-state index contributed by atoms with van der Waals surface area (Å²) < 4.78 is 5.00. The van der Waals surface area contributed by atoms with E-state index in [0.29, 0.717) is 31.5 Å². The lowest BCUT2D eigenvalue weighted by Crippen LogP contribution is -2.39. The minimum absolute atomic E-state index is 0.0287. The molecular formula is C15H26N2O5S2. The Bertz CT molecular complexity index is 407. The maximum absolute atomic E-state index is 11.5. The average molecular weight is 379 g/mol. The number of nitrogens with one attached hydrogen (secondary N) is 1. The van der Waals surface area contributed by atoms with Crippen LogP contribution < -0.4 is 5.32 Å². The lowest BCUT2D eigenvalue weighted by atomic mass is 10.3. The molecule has 0 bridgehead atoms. The summed E-state index contributed by atoms with van der Waals surface area (Å²) in [5, 5.41) is 2.55. The molecule has 7 nitrogen and oxygen atoms in total. The highest BCUT2D eigenvalue weighted by Crippen LogP contribution is 2.22. The smallest absolute Gasteiger partial charge is 0.407 e. The molecule has 0 unspecified atom stereocenters. The molecule has 138 valence electrons. The molecule has 9 heteroatoms. The van der Waals surface area contributed by atoms with Gasteiger partial charge in [-0.15, -0.1) is 0 Å². The van der Waals surface area contributed by atoms with Crippen molar-refractivity contribution in [1.82, 2.24) is 10.2 Å². The molecule has 0 aromatic heterocycles. The molecule has 0 saturated heterocycles. The molecule has 0 aromatic carbocycles. The SMILES string of the molecule is CCC(=O)N(CC=O)CCNC(=O)OCCSSCCCC(C)=O. The van der Waals surface area contributed by atoms with Crippen LogP contribution in [0.2, 0.25) is 0 Å². The fourth-order valence-electron chi connectivity index (χ4n) is 1.64. The summed E-state index contributed by atoms with van der Waals surface area (Å²) in [4.78, 5) is 45.7. The second-order valence-electron chi connectivity index (χ2n) is 4.87. The highest BCUT2D eigenvalue weighted by atomic mass is 33.1. The van der Waals surface area contributed by atoms with Crippen LogP contribution in [0.25, 0.3) is 0 Å². The molecule has 1 N–H and O–H groups in total. The van der Waals surface area contributed by atoms with E-state index in [9.17, 15) is 19.2 Å². The first kappa shape index (κ1) is 22.8. The number of aldehydes is 1. The quantitative estimate of drug-likeness (QED) is 0.280. The van der Waals surface area contributed by atoms with Gasteiger partial charge in [-0.05, 0) is 13.3 Å². The number of rotatable bonds is 14. The fourth-order valence-corrected chi connectivity index (χ4v) is 3.56. The van der Waals surface area contributed by atoms with Gasteiger partial charge in [0.2, 0.25) is 5.91 Å². The van der Waals surface area contributed by atoms with E-state index in [-0.39, 0.29) is 31.3 Å². The Morgan fingerprint density at radius 1 is 1.21 bits per heavy atom. The van der Waals surface area contributed by atoms with Gasteiger partial charge in [0.05, 0.1) is 6.54 Å². The number of amides is 2.